The minimum Gasteiger partial charge on any atom is -0.491 e. The first-order valence-corrected chi connectivity index (χ1v) is 8.69. The normalized spacial score (nSPS) is 14.3. The summed E-state index contributed by atoms with van der Waals surface area (Å²) in [6, 6.07) is 3.58. The minimum absolute atomic E-state index is 0.0160. The van der Waals surface area contributed by atoms with Crippen LogP contribution in [0.4, 0.5) is 0 Å². The van der Waals surface area contributed by atoms with Crippen LogP contribution in [0.15, 0.2) is 48.8 Å². The predicted octanol–water partition coefficient (Wildman–Crippen LogP) is 3.02. The summed E-state index contributed by atoms with van der Waals surface area (Å²) in [5.41, 5.74) is 2.08. The zero-order chi connectivity index (χ0) is 19.5. The Morgan fingerprint density at radius 2 is 1.81 bits per heavy atom. The van der Waals surface area contributed by atoms with Crippen LogP contribution in [0.5, 0.6) is 5.75 Å². The number of aliphatic hydroxyl groups excluding tert-OH is 3. The molecule has 0 radical (unpaired) electrons. The molecule has 26 heavy (non-hydrogen) atoms. The summed E-state index contributed by atoms with van der Waals surface area (Å²) in [6.45, 7) is 9.19. The highest BCUT2D eigenvalue weighted by Gasteiger charge is 2.13. The molecule has 0 spiro atoms. The van der Waals surface area contributed by atoms with Gasteiger partial charge in [0.2, 0.25) is 0 Å². The maximum Gasteiger partial charge on any atom is 0.130 e. The SMILES string of the molecule is C=C/C(=C\C(C)/C=C\C)OCC(O)COc1c(CO)cc(C)cc1CO. The third-order valence-electron chi connectivity index (χ3n) is 3.71. The second-order valence-electron chi connectivity index (χ2n) is 6.16. The Labute approximate surface area is 155 Å². The average molecular weight is 362 g/mol. The van der Waals surface area contributed by atoms with Crippen molar-refractivity contribution in [2.24, 2.45) is 5.92 Å². The van der Waals surface area contributed by atoms with Crippen molar-refractivity contribution in [3.63, 3.8) is 0 Å². The minimum atomic E-state index is -0.866. The first-order valence-electron chi connectivity index (χ1n) is 8.69. The predicted molar refractivity (Wildman–Crippen MR) is 103 cm³/mol. The van der Waals surface area contributed by atoms with Crippen LogP contribution in [0.1, 0.15) is 30.5 Å². The molecule has 0 aromatic heterocycles. The van der Waals surface area contributed by atoms with E-state index in [1.807, 2.05) is 39.0 Å². The molecule has 0 saturated carbocycles. The molecule has 0 aliphatic rings. The molecule has 1 aromatic rings. The van der Waals surface area contributed by atoms with E-state index in [1.54, 1.807) is 18.2 Å². The molecule has 0 aliphatic heterocycles. The Morgan fingerprint density at radius 1 is 1.19 bits per heavy atom. The fourth-order valence-electron chi connectivity index (χ4n) is 2.56. The molecular formula is C21H30O5. The van der Waals surface area contributed by atoms with E-state index in [0.717, 1.165) is 5.56 Å². The lowest BCUT2D eigenvalue weighted by atomic mass is 10.1. The number of benzene rings is 1. The number of allylic oxidation sites excluding steroid dienone is 4. The van der Waals surface area contributed by atoms with E-state index in [9.17, 15) is 15.3 Å². The molecule has 0 heterocycles. The van der Waals surface area contributed by atoms with Crippen molar-refractivity contribution in [2.45, 2.75) is 40.1 Å². The van der Waals surface area contributed by atoms with Crippen LogP contribution in [-0.2, 0) is 18.0 Å². The van der Waals surface area contributed by atoms with Gasteiger partial charge in [-0.1, -0.05) is 43.4 Å². The number of hydrogen-bond donors (Lipinski definition) is 3. The maximum atomic E-state index is 10.1. The van der Waals surface area contributed by atoms with Gasteiger partial charge in [-0.15, -0.1) is 0 Å². The van der Waals surface area contributed by atoms with Gasteiger partial charge < -0.3 is 24.8 Å². The molecule has 0 amide bonds. The molecule has 144 valence electrons. The van der Waals surface area contributed by atoms with Crippen LogP contribution in [0.2, 0.25) is 0 Å². The number of aliphatic hydroxyl groups is 3. The molecule has 5 nitrogen and oxygen atoms in total. The monoisotopic (exact) mass is 362 g/mol. The van der Waals surface area contributed by atoms with Crippen molar-refractivity contribution in [1.82, 2.24) is 0 Å². The van der Waals surface area contributed by atoms with Crippen molar-refractivity contribution < 1.29 is 24.8 Å². The van der Waals surface area contributed by atoms with Crippen LogP contribution < -0.4 is 4.74 Å². The van der Waals surface area contributed by atoms with E-state index in [1.165, 1.54) is 0 Å². The molecule has 0 aliphatic carbocycles. The molecule has 5 heteroatoms. The number of ether oxygens (including phenoxy) is 2. The summed E-state index contributed by atoms with van der Waals surface area (Å²) in [7, 11) is 0. The smallest absolute Gasteiger partial charge is 0.130 e. The highest BCUT2D eigenvalue weighted by atomic mass is 16.5. The standard InChI is InChI=1S/C21H30O5/c1-5-7-15(3)10-20(6-2)25-13-19(24)14-26-21-17(11-22)8-16(4)9-18(21)12-23/h5-10,15,19,22-24H,2,11-14H2,1,3-4H3/b7-5-,20-10+. The van der Waals surface area contributed by atoms with Gasteiger partial charge in [-0.3, -0.25) is 0 Å². The van der Waals surface area contributed by atoms with Gasteiger partial charge >= 0.3 is 0 Å². The largest absolute Gasteiger partial charge is 0.491 e. The van der Waals surface area contributed by atoms with Crippen molar-refractivity contribution in [3.05, 3.63) is 65.5 Å². The van der Waals surface area contributed by atoms with Crippen molar-refractivity contribution >= 4 is 0 Å². The second-order valence-corrected chi connectivity index (χ2v) is 6.16. The van der Waals surface area contributed by atoms with E-state index in [0.29, 0.717) is 22.6 Å². The van der Waals surface area contributed by atoms with Gasteiger partial charge in [0, 0.05) is 11.1 Å². The van der Waals surface area contributed by atoms with Crippen LogP contribution in [-0.4, -0.2) is 34.6 Å². The Kier molecular flexibility index (Phi) is 9.73. The van der Waals surface area contributed by atoms with E-state index in [2.05, 4.69) is 6.58 Å². The van der Waals surface area contributed by atoms with Crippen molar-refractivity contribution in [2.75, 3.05) is 13.2 Å². The molecular weight excluding hydrogens is 332 g/mol. The lowest BCUT2D eigenvalue weighted by molar-refractivity contribution is 0.0390. The van der Waals surface area contributed by atoms with Gasteiger partial charge in [-0.05, 0) is 31.9 Å². The number of rotatable bonds is 11. The quantitative estimate of drug-likeness (QED) is 0.320. The molecule has 0 saturated heterocycles. The van der Waals surface area contributed by atoms with Crippen LogP contribution in [0.3, 0.4) is 0 Å². The van der Waals surface area contributed by atoms with Crippen molar-refractivity contribution in [3.8, 4) is 5.75 Å². The summed E-state index contributed by atoms with van der Waals surface area (Å²) in [5, 5.41) is 29.1. The summed E-state index contributed by atoms with van der Waals surface area (Å²) < 4.78 is 11.2. The number of hydrogen-bond acceptors (Lipinski definition) is 5. The fraction of sp³-hybridized carbons (Fsp3) is 0.429. The first kappa shape index (κ1) is 22.0. The van der Waals surface area contributed by atoms with Crippen LogP contribution in [0.25, 0.3) is 0 Å². The van der Waals surface area contributed by atoms with E-state index in [4.69, 9.17) is 9.47 Å². The Balaban J connectivity index is 2.67. The van der Waals surface area contributed by atoms with E-state index < -0.39 is 6.10 Å². The van der Waals surface area contributed by atoms with Crippen molar-refractivity contribution in [1.29, 1.82) is 0 Å². The van der Waals surface area contributed by atoms with Gasteiger partial charge in [0.1, 0.15) is 30.8 Å². The highest BCUT2D eigenvalue weighted by Crippen LogP contribution is 2.26. The summed E-state index contributed by atoms with van der Waals surface area (Å²) in [4.78, 5) is 0. The van der Waals surface area contributed by atoms with Crippen LogP contribution >= 0.6 is 0 Å². The lowest BCUT2D eigenvalue weighted by Crippen LogP contribution is -2.24. The fourth-order valence-corrected chi connectivity index (χ4v) is 2.56. The van der Waals surface area contributed by atoms with Crippen LogP contribution in [0, 0.1) is 12.8 Å². The van der Waals surface area contributed by atoms with Gasteiger partial charge in [-0.25, -0.2) is 0 Å². The maximum absolute atomic E-state index is 10.1. The Morgan fingerprint density at radius 3 is 2.31 bits per heavy atom. The summed E-state index contributed by atoms with van der Waals surface area (Å²) >= 11 is 0. The molecule has 2 unspecified atom stereocenters. The molecule has 1 rings (SSSR count). The summed E-state index contributed by atoms with van der Waals surface area (Å²) in [6.07, 6.45) is 6.63. The molecule has 2 atom stereocenters. The average Bonchev–Trinajstić information content (AvgIpc) is 2.63. The zero-order valence-corrected chi connectivity index (χ0v) is 15.8. The van der Waals surface area contributed by atoms with E-state index >= 15 is 0 Å². The molecule has 3 N–H and O–H groups in total. The molecule has 1 aromatic carbocycles. The number of aryl methyl sites for hydroxylation is 1. The second kappa shape index (κ2) is 11.5. The molecule has 0 fully saturated rings. The Hall–Kier alpha value is -2.08. The van der Waals surface area contributed by atoms with Gasteiger partial charge in [0.15, 0.2) is 0 Å². The highest BCUT2D eigenvalue weighted by molar-refractivity contribution is 5.44. The summed E-state index contributed by atoms with van der Waals surface area (Å²) in [5.74, 6) is 1.20. The lowest BCUT2D eigenvalue weighted by Gasteiger charge is -2.18. The third-order valence-corrected chi connectivity index (χ3v) is 3.71. The van der Waals surface area contributed by atoms with Gasteiger partial charge in [-0.2, -0.15) is 0 Å². The third kappa shape index (κ3) is 7.04. The Bertz CT molecular complexity index is 608. The zero-order valence-electron chi connectivity index (χ0n) is 15.8. The van der Waals surface area contributed by atoms with Gasteiger partial charge in [0.25, 0.3) is 0 Å². The molecule has 0 bridgehead atoms. The first-order chi connectivity index (χ1) is 12.4. The van der Waals surface area contributed by atoms with Gasteiger partial charge in [0.05, 0.1) is 13.2 Å². The van der Waals surface area contributed by atoms with E-state index in [-0.39, 0.29) is 32.3 Å². The topological polar surface area (TPSA) is 79.2 Å².